The van der Waals surface area contributed by atoms with Gasteiger partial charge in [-0.05, 0) is 42.8 Å². The van der Waals surface area contributed by atoms with E-state index >= 15 is 0 Å². The van der Waals surface area contributed by atoms with Crippen molar-refractivity contribution >= 4 is 14.4 Å². The van der Waals surface area contributed by atoms with E-state index in [0.717, 1.165) is 11.3 Å². The number of carboxylic acid groups (broad SMARTS) is 1. The third-order valence-electron chi connectivity index (χ3n) is 3.90. The molecule has 0 aliphatic heterocycles. The highest BCUT2D eigenvalue weighted by molar-refractivity contribution is 6.74. The summed E-state index contributed by atoms with van der Waals surface area (Å²) >= 11 is 0. The minimum absolute atomic E-state index is 0.157. The van der Waals surface area contributed by atoms with E-state index in [1.54, 1.807) is 0 Å². The molecule has 20 heavy (non-hydrogen) atoms. The number of benzene rings is 1. The van der Waals surface area contributed by atoms with Crippen LogP contribution in [0.15, 0.2) is 24.3 Å². The smallest absolute Gasteiger partial charge is 0.405 e. The van der Waals surface area contributed by atoms with Crippen molar-refractivity contribution in [3.05, 3.63) is 29.8 Å². The lowest BCUT2D eigenvalue weighted by Crippen LogP contribution is -2.43. The van der Waals surface area contributed by atoms with E-state index in [1.165, 1.54) is 0 Å². The van der Waals surface area contributed by atoms with Crippen LogP contribution in [-0.2, 0) is 0 Å². The largest absolute Gasteiger partial charge is 0.544 e. The summed E-state index contributed by atoms with van der Waals surface area (Å²) in [6, 6.07) is 7.41. The zero-order chi connectivity index (χ0) is 15.6. The van der Waals surface area contributed by atoms with Crippen LogP contribution in [-0.4, -0.2) is 19.5 Å². The number of nitrogens with one attached hydrogen (secondary N) is 1. The molecule has 1 aromatic carbocycles. The molecule has 0 radical (unpaired) electrons. The Hall–Kier alpha value is -1.49. The second-order valence-electron chi connectivity index (χ2n) is 6.60. The molecule has 1 atom stereocenters. The first-order valence-electron chi connectivity index (χ1n) is 6.81. The van der Waals surface area contributed by atoms with Crippen molar-refractivity contribution < 1.29 is 14.3 Å². The van der Waals surface area contributed by atoms with Gasteiger partial charge >= 0.3 is 6.09 Å². The van der Waals surface area contributed by atoms with Gasteiger partial charge in [0.15, 0.2) is 0 Å². The molecule has 0 aliphatic carbocycles. The van der Waals surface area contributed by atoms with Crippen LogP contribution in [0.25, 0.3) is 0 Å². The van der Waals surface area contributed by atoms with Gasteiger partial charge in [0.05, 0.1) is 6.04 Å². The van der Waals surface area contributed by atoms with Gasteiger partial charge in [-0.1, -0.05) is 32.9 Å². The predicted molar refractivity (Wildman–Crippen MR) is 83.8 cm³/mol. The Morgan fingerprint density at radius 1 is 1.25 bits per heavy atom. The van der Waals surface area contributed by atoms with Crippen LogP contribution in [0.1, 0.15) is 39.3 Å². The van der Waals surface area contributed by atoms with Crippen molar-refractivity contribution in [1.82, 2.24) is 5.32 Å². The molecule has 4 nitrogen and oxygen atoms in total. The maximum absolute atomic E-state index is 10.6. The number of amides is 1. The fourth-order valence-electron chi connectivity index (χ4n) is 1.54. The van der Waals surface area contributed by atoms with Gasteiger partial charge in [0, 0.05) is 0 Å². The van der Waals surface area contributed by atoms with Crippen LogP contribution >= 0.6 is 0 Å². The molecular weight excluding hydrogens is 270 g/mol. The van der Waals surface area contributed by atoms with Gasteiger partial charge in [0.25, 0.3) is 0 Å². The SMILES string of the molecule is CC(NC(=O)O)c1ccc(O[Si](C)(C)C(C)(C)C)cc1. The van der Waals surface area contributed by atoms with Crippen molar-refractivity contribution in [3.8, 4) is 5.75 Å². The first-order chi connectivity index (χ1) is 9.03. The van der Waals surface area contributed by atoms with Crippen molar-refractivity contribution in [2.24, 2.45) is 0 Å². The van der Waals surface area contributed by atoms with E-state index in [-0.39, 0.29) is 11.1 Å². The van der Waals surface area contributed by atoms with Crippen molar-refractivity contribution in [2.45, 2.75) is 51.9 Å². The average molecular weight is 295 g/mol. The summed E-state index contributed by atoms with van der Waals surface area (Å²) in [5.41, 5.74) is 0.926. The Bertz CT molecular complexity index is 463. The summed E-state index contributed by atoms with van der Waals surface area (Å²) in [6.07, 6.45) is -1.01. The van der Waals surface area contributed by atoms with Gasteiger partial charge in [-0.15, -0.1) is 0 Å². The summed E-state index contributed by atoms with van der Waals surface area (Å²) in [7, 11) is -1.83. The molecule has 0 saturated carbocycles. The molecule has 5 heteroatoms. The summed E-state index contributed by atoms with van der Waals surface area (Å²) in [6.45, 7) is 12.8. The number of hydrogen-bond donors (Lipinski definition) is 2. The minimum atomic E-state index is -1.83. The number of carbonyl (C=O) groups is 1. The van der Waals surface area contributed by atoms with Crippen LogP contribution in [0.4, 0.5) is 4.79 Å². The number of hydrogen-bond acceptors (Lipinski definition) is 2. The Balaban J connectivity index is 2.80. The highest BCUT2D eigenvalue weighted by atomic mass is 28.4. The van der Waals surface area contributed by atoms with Gasteiger partial charge in [-0.25, -0.2) is 4.79 Å². The van der Waals surface area contributed by atoms with Crippen LogP contribution in [0.3, 0.4) is 0 Å². The summed E-state index contributed by atoms with van der Waals surface area (Å²) in [5.74, 6) is 0.850. The molecule has 0 spiro atoms. The molecule has 0 saturated heterocycles. The molecular formula is C15H25NO3Si. The van der Waals surface area contributed by atoms with Crippen molar-refractivity contribution in [3.63, 3.8) is 0 Å². The summed E-state index contributed by atoms with van der Waals surface area (Å²) in [4.78, 5) is 10.6. The summed E-state index contributed by atoms with van der Waals surface area (Å²) < 4.78 is 6.18. The molecule has 0 aliphatic rings. The molecule has 112 valence electrons. The minimum Gasteiger partial charge on any atom is -0.544 e. The zero-order valence-electron chi connectivity index (χ0n) is 13.2. The van der Waals surface area contributed by atoms with Gasteiger partial charge in [-0.3, -0.25) is 0 Å². The van der Waals surface area contributed by atoms with Crippen LogP contribution in [0.5, 0.6) is 5.75 Å². The van der Waals surface area contributed by atoms with Crippen molar-refractivity contribution in [2.75, 3.05) is 0 Å². The van der Waals surface area contributed by atoms with Gasteiger partial charge in [0.1, 0.15) is 5.75 Å². The standard InChI is InChI=1S/C15H25NO3Si/c1-11(16-14(17)18)12-7-9-13(10-8-12)19-20(5,6)15(2,3)4/h7-11,16H,1-6H3,(H,17,18). The normalized spacial score (nSPS) is 13.7. The third-order valence-corrected chi connectivity index (χ3v) is 8.26. The van der Waals surface area contributed by atoms with Gasteiger partial charge < -0.3 is 14.8 Å². The van der Waals surface area contributed by atoms with E-state index in [1.807, 2.05) is 31.2 Å². The lowest BCUT2D eigenvalue weighted by Gasteiger charge is -2.36. The molecule has 0 bridgehead atoms. The van der Waals surface area contributed by atoms with Gasteiger partial charge in [0.2, 0.25) is 8.32 Å². The van der Waals surface area contributed by atoms with E-state index in [0.29, 0.717) is 0 Å². The van der Waals surface area contributed by atoms with E-state index < -0.39 is 14.4 Å². The summed E-state index contributed by atoms with van der Waals surface area (Å²) in [5, 5.41) is 11.3. The Labute approximate surface area is 122 Å². The molecule has 0 aromatic heterocycles. The molecule has 0 fully saturated rings. The maximum atomic E-state index is 10.6. The number of rotatable bonds is 4. The average Bonchev–Trinajstić information content (AvgIpc) is 2.26. The maximum Gasteiger partial charge on any atom is 0.405 e. The molecule has 1 amide bonds. The monoisotopic (exact) mass is 295 g/mol. The second-order valence-corrected chi connectivity index (χ2v) is 11.3. The molecule has 2 N–H and O–H groups in total. The highest BCUT2D eigenvalue weighted by Gasteiger charge is 2.38. The third kappa shape index (κ3) is 4.26. The first kappa shape index (κ1) is 16.6. The highest BCUT2D eigenvalue weighted by Crippen LogP contribution is 2.37. The quantitative estimate of drug-likeness (QED) is 0.809. The topological polar surface area (TPSA) is 58.6 Å². The first-order valence-corrected chi connectivity index (χ1v) is 9.72. The van der Waals surface area contributed by atoms with Crippen LogP contribution in [0, 0.1) is 0 Å². The Morgan fingerprint density at radius 2 is 1.75 bits per heavy atom. The molecule has 0 heterocycles. The molecule has 1 aromatic rings. The fraction of sp³-hybridized carbons (Fsp3) is 0.533. The Morgan fingerprint density at radius 3 is 2.15 bits per heavy atom. The predicted octanol–water partition coefficient (Wildman–Crippen LogP) is 4.40. The second kappa shape index (κ2) is 5.87. The zero-order valence-corrected chi connectivity index (χ0v) is 14.2. The van der Waals surface area contributed by atoms with E-state index in [9.17, 15) is 4.79 Å². The Kier molecular flexibility index (Phi) is 4.86. The van der Waals surface area contributed by atoms with Crippen LogP contribution in [0.2, 0.25) is 18.1 Å². The lowest BCUT2D eigenvalue weighted by molar-refractivity contribution is 0.191. The van der Waals surface area contributed by atoms with E-state index in [2.05, 4.69) is 39.2 Å². The van der Waals surface area contributed by atoms with Gasteiger partial charge in [-0.2, -0.15) is 0 Å². The molecule has 1 rings (SSSR count). The van der Waals surface area contributed by atoms with E-state index in [4.69, 9.17) is 9.53 Å². The molecule has 1 unspecified atom stereocenters. The fourth-order valence-corrected chi connectivity index (χ4v) is 2.57. The van der Waals surface area contributed by atoms with Crippen molar-refractivity contribution in [1.29, 1.82) is 0 Å². The lowest BCUT2D eigenvalue weighted by atomic mass is 10.1. The van der Waals surface area contributed by atoms with Crippen LogP contribution < -0.4 is 9.74 Å².